The third kappa shape index (κ3) is 4.83. The number of fused-ring (bicyclic) bond motifs is 1. The number of hydrogen-bond donors (Lipinski definition) is 1. The minimum Gasteiger partial charge on any atom is -0.338 e. The van der Waals surface area contributed by atoms with Gasteiger partial charge < -0.3 is 4.98 Å². The molecule has 1 fully saturated rings. The molecule has 1 aliphatic rings. The predicted octanol–water partition coefficient (Wildman–Crippen LogP) is 4.93. The highest BCUT2D eigenvalue weighted by Crippen LogP contribution is 2.37. The number of benzene rings is 2. The van der Waals surface area contributed by atoms with Crippen molar-refractivity contribution in [3.05, 3.63) is 59.9 Å². The van der Waals surface area contributed by atoms with Crippen molar-refractivity contribution in [1.29, 1.82) is 0 Å². The number of rotatable bonds is 4. The van der Waals surface area contributed by atoms with Crippen LogP contribution in [0.15, 0.2) is 48.5 Å². The molecule has 164 valence electrons. The van der Waals surface area contributed by atoms with Crippen LogP contribution in [-0.2, 0) is 16.2 Å². The lowest BCUT2D eigenvalue weighted by Gasteiger charge is -2.28. The molecule has 2 heterocycles. The fraction of sp³-hybridized carbons (Fsp3) is 0.318. The summed E-state index contributed by atoms with van der Waals surface area (Å²) in [4.78, 5) is 7.64. The predicted molar refractivity (Wildman–Crippen MR) is 115 cm³/mol. The SMILES string of the molecule is CS(=O)(=O)N1CCC(/C=C/c2nc3ccc(-c4ccccc4C(F)(F)F)cc3[nH]2)CC1. The summed E-state index contributed by atoms with van der Waals surface area (Å²) in [5.41, 5.74) is 1.24. The van der Waals surface area contributed by atoms with Crippen LogP contribution in [0.2, 0.25) is 0 Å². The second kappa shape index (κ2) is 8.12. The fourth-order valence-corrected chi connectivity index (χ4v) is 4.76. The molecule has 4 rings (SSSR count). The zero-order valence-corrected chi connectivity index (χ0v) is 17.7. The number of alkyl halides is 3. The first-order valence-electron chi connectivity index (χ1n) is 9.91. The van der Waals surface area contributed by atoms with Gasteiger partial charge in [0.05, 0.1) is 22.9 Å². The molecule has 0 spiro atoms. The van der Waals surface area contributed by atoms with Gasteiger partial charge in [-0.05, 0) is 54.2 Å². The Kier molecular flexibility index (Phi) is 5.65. The van der Waals surface area contributed by atoms with Crippen molar-refractivity contribution >= 4 is 27.1 Å². The number of sulfonamides is 1. The van der Waals surface area contributed by atoms with E-state index in [2.05, 4.69) is 9.97 Å². The Hall–Kier alpha value is -2.65. The van der Waals surface area contributed by atoms with E-state index in [1.54, 1.807) is 24.3 Å². The summed E-state index contributed by atoms with van der Waals surface area (Å²) >= 11 is 0. The third-order valence-electron chi connectivity index (χ3n) is 5.54. The normalized spacial score (nSPS) is 17.0. The molecule has 1 aromatic heterocycles. The van der Waals surface area contributed by atoms with Crippen molar-refractivity contribution in [1.82, 2.24) is 14.3 Å². The molecule has 1 saturated heterocycles. The molecular formula is C22H22F3N3O2S. The van der Waals surface area contributed by atoms with Gasteiger partial charge in [0.25, 0.3) is 0 Å². The molecule has 5 nitrogen and oxygen atoms in total. The van der Waals surface area contributed by atoms with Crippen LogP contribution in [0.3, 0.4) is 0 Å². The van der Waals surface area contributed by atoms with Crippen molar-refractivity contribution in [2.24, 2.45) is 5.92 Å². The molecule has 0 atom stereocenters. The third-order valence-corrected chi connectivity index (χ3v) is 6.84. The van der Waals surface area contributed by atoms with Gasteiger partial charge in [-0.2, -0.15) is 13.2 Å². The quantitative estimate of drug-likeness (QED) is 0.614. The van der Waals surface area contributed by atoms with E-state index in [0.717, 1.165) is 18.9 Å². The Balaban J connectivity index is 1.54. The molecule has 31 heavy (non-hydrogen) atoms. The van der Waals surface area contributed by atoms with E-state index in [1.165, 1.54) is 22.7 Å². The fourth-order valence-electron chi connectivity index (χ4n) is 3.88. The molecular weight excluding hydrogens is 427 g/mol. The smallest absolute Gasteiger partial charge is 0.338 e. The Morgan fingerprint density at radius 2 is 1.84 bits per heavy atom. The van der Waals surface area contributed by atoms with E-state index in [0.29, 0.717) is 35.5 Å². The van der Waals surface area contributed by atoms with Gasteiger partial charge in [-0.25, -0.2) is 17.7 Å². The molecule has 1 aliphatic heterocycles. The van der Waals surface area contributed by atoms with E-state index in [-0.39, 0.29) is 11.5 Å². The zero-order valence-electron chi connectivity index (χ0n) is 16.9. The highest BCUT2D eigenvalue weighted by Gasteiger charge is 2.33. The lowest BCUT2D eigenvalue weighted by Crippen LogP contribution is -2.37. The maximum Gasteiger partial charge on any atom is 0.417 e. The monoisotopic (exact) mass is 449 g/mol. The molecule has 9 heteroatoms. The molecule has 0 bridgehead atoms. The second-order valence-electron chi connectivity index (χ2n) is 7.76. The van der Waals surface area contributed by atoms with Crippen LogP contribution in [0, 0.1) is 5.92 Å². The summed E-state index contributed by atoms with van der Waals surface area (Å²) in [5, 5.41) is 0. The molecule has 2 aromatic carbocycles. The first-order valence-corrected chi connectivity index (χ1v) is 11.8. The molecule has 0 amide bonds. The number of H-pyrrole nitrogens is 1. The maximum atomic E-state index is 13.4. The first-order chi connectivity index (χ1) is 14.6. The van der Waals surface area contributed by atoms with Gasteiger partial charge in [-0.3, -0.25) is 0 Å². The molecule has 0 saturated carbocycles. The van der Waals surface area contributed by atoms with Crippen molar-refractivity contribution in [2.45, 2.75) is 19.0 Å². The number of hydrogen-bond acceptors (Lipinski definition) is 3. The molecule has 0 radical (unpaired) electrons. The van der Waals surface area contributed by atoms with Gasteiger partial charge in [0.1, 0.15) is 5.82 Å². The Morgan fingerprint density at radius 1 is 1.13 bits per heavy atom. The Labute approximate surface area is 178 Å². The van der Waals surface area contributed by atoms with Gasteiger partial charge in [0.15, 0.2) is 0 Å². The number of aromatic nitrogens is 2. The molecule has 1 N–H and O–H groups in total. The van der Waals surface area contributed by atoms with Crippen LogP contribution in [-0.4, -0.2) is 42.0 Å². The number of piperidine rings is 1. The zero-order chi connectivity index (χ0) is 22.2. The average molecular weight is 449 g/mol. The van der Waals surface area contributed by atoms with Gasteiger partial charge in [-0.1, -0.05) is 30.3 Å². The van der Waals surface area contributed by atoms with Crippen molar-refractivity contribution in [3.8, 4) is 11.1 Å². The van der Waals surface area contributed by atoms with Gasteiger partial charge in [0, 0.05) is 13.1 Å². The van der Waals surface area contributed by atoms with Crippen molar-refractivity contribution in [3.63, 3.8) is 0 Å². The minimum absolute atomic E-state index is 0.126. The lowest BCUT2D eigenvalue weighted by molar-refractivity contribution is -0.137. The van der Waals surface area contributed by atoms with Gasteiger partial charge >= 0.3 is 6.18 Å². The first kappa shape index (κ1) is 21.6. The molecule has 0 aliphatic carbocycles. The maximum absolute atomic E-state index is 13.4. The Morgan fingerprint density at radius 3 is 2.52 bits per heavy atom. The van der Waals surface area contributed by atoms with Gasteiger partial charge in [-0.15, -0.1) is 0 Å². The number of nitrogens with one attached hydrogen (secondary N) is 1. The second-order valence-corrected chi connectivity index (χ2v) is 9.74. The van der Waals surface area contributed by atoms with Crippen LogP contribution < -0.4 is 0 Å². The summed E-state index contributed by atoms with van der Waals surface area (Å²) in [6.45, 7) is 0.992. The van der Waals surface area contributed by atoms with Crippen LogP contribution in [0.1, 0.15) is 24.2 Å². The molecule has 0 unspecified atom stereocenters. The van der Waals surface area contributed by atoms with E-state index in [4.69, 9.17) is 0 Å². The van der Waals surface area contributed by atoms with Crippen LogP contribution >= 0.6 is 0 Å². The van der Waals surface area contributed by atoms with Gasteiger partial charge in [0.2, 0.25) is 10.0 Å². The number of allylic oxidation sites excluding steroid dienone is 1. The largest absolute Gasteiger partial charge is 0.417 e. The number of imidazole rings is 1. The topological polar surface area (TPSA) is 66.1 Å². The summed E-state index contributed by atoms with van der Waals surface area (Å²) in [6, 6.07) is 10.5. The van der Waals surface area contributed by atoms with E-state index < -0.39 is 21.8 Å². The van der Waals surface area contributed by atoms with E-state index >= 15 is 0 Å². The van der Waals surface area contributed by atoms with Crippen molar-refractivity contribution in [2.75, 3.05) is 19.3 Å². The summed E-state index contributed by atoms with van der Waals surface area (Å²) in [6.07, 6.45) is 2.13. The summed E-state index contributed by atoms with van der Waals surface area (Å²) in [5.74, 6) is 0.863. The Bertz CT molecular complexity index is 1220. The van der Waals surface area contributed by atoms with Crippen LogP contribution in [0.4, 0.5) is 13.2 Å². The van der Waals surface area contributed by atoms with E-state index in [9.17, 15) is 21.6 Å². The number of nitrogens with zero attached hydrogens (tertiary/aromatic N) is 2. The summed E-state index contributed by atoms with van der Waals surface area (Å²) in [7, 11) is -3.15. The van der Waals surface area contributed by atoms with Crippen LogP contribution in [0.5, 0.6) is 0 Å². The van der Waals surface area contributed by atoms with E-state index in [1.807, 2.05) is 12.2 Å². The highest BCUT2D eigenvalue weighted by molar-refractivity contribution is 7.88. The van der Waals surface area contributed by atoms with Crippen molar-refractivity contribution < 1.29 is 21.6 Å². The average Bonchev–Trinajstić information content (AvgIpc) is 3.13. The van der Waals surface area contributed by atoms with Crippen LogP contribution in [0.25, 0.3) is 28.2 Å². The highest BCUT2D eigenvalue weighted by atomic mass is 32.2. The number of aromatic amines is 1. The number of halogens is 3. The standard InChI is InChI=1S/C22H22F3N3O2S/c1-31(29,30)28-12-10-15(11-13-28)6-9-21-26-19-8-7-16(14-20(19)27-21)17-4-2-3-5-18(17)22(23,24)25/h2-9,14-15H,10-13H2,1H3,(H,26,27)/b9-6+. The summed E-state index contributed by atoms with van der Waals surface area (Å²) < 4.78 is 64.8. The lowest BCUT2D eigenvalue weighted by atomic mass is 9.98. The minimum atomic E-state index is -4.43. The molecule has 3 aromatic rings.